The Kier molecular flexibility index (Phi) is 9.19. The first-order valence-corrected chi connectivity index (χ1v) is 11.9. The van der Waals surface area contributed by atoms with Crippen LogP contribution >= 0.6 is 11.6 Å². The molecule has 1 aliphatic carbocycles. The fourth-order valence-corrected chi connectivity index (χ4v) is 4.24. The molecule has 34 heavy (non-hydrogen) atoms. The van der Waals surface area contributed by atoms with Crippen LogP contribution in [0.15, 0.2) is 42.5 Å². The molecule has 7 nitrogen and oxygen atoms in total. The number of benzene rings is 2. The van der Waals surface area contributed by atoms with Crippen LogP contribution in [0.25, 0.3) is 0 Å². The number of aliphatic carboxylic acids is 1. The van der Waals surface area contributed by atoms with Gasteiger partial charge in [0.2, 0.25) is 0 Å². The number of amides is 1. The summed E-state index contributed by atoms with van der Waals surface area (Å²) in [5.74, 6) is -0.0932. The monoisotopic (exact) mass is 489 g/mol. The predicted octanol–water partition coefficient (Wildman–Crippen LogP) is 4.75. The van der Waals surface area contributed by atoms with Crippen LogP contribution in [0.4, 0.5) is 0 Å². The Morgan fingerprint density at radius 2 is 1.79 bits per heavy atom. The first-order chi connectivity index (χ1) is 16.3. The zero-order valence-corrected chi connectivity index (χ0v) is 20.4. The van der Waals surface area contributed by atoms with Crippen LogP contribution in [0.3, 0.4) is 0 Å². The van der Waals surface area contributed by atoms with Gasteiger partial charge in [-0.05, 0) is 67.5 Å². The molecule has 1 amide bonds. The van der Waals surface area contributed by atoms with E-state index in [4.69, 9.17) is 25.8 Å². The Labute approximate surface area is 205 Å². The highest BCUT2D eigenvalue weighted by atomic mass is 35.5. The van der Waals surface area contributed by atoms with Crippen LogP contribution in [-0.2, 0) is 16.0 Å². The van der Waals surface area contributed by atoms with Gasteiger partial charge in [0.15, 0.2) is 11.5 Å². The zero-order chi connectivity index (χ0) is 24.6. The number of carboxylic acid groups (broad SMARTS) is 1. The number of nitrogens with one attached hydrogen (secondary N) is 1. The van der Waals surface area contributed by atoms with Crippen molar-refractivity contribution in [3.8, 4) is 11.5 Å². The molecular weight excluding hydrogens is 458 g/mol. The number of halogens is 1. The van der Waals surface area contributed by atoms with Gasteiger partial charge in [-0.1, -0.05) is 30.7 Å². The number of ether oxygens (including phenoxy) is 3. The standard InChI is InChI=1S/C26H32ClNO6/c1-18-8-11-26(12-9-18,25(30)31)28-24(29)20-6-7-22(34-15-14-32-2)23(17-20)33-13-10-19-4-3-5-21(27)16-19/h3-7,16-18H,8-15H2,1-2H3,(H,28,29)(H,30,31). The smallest absolute Gasteiger partial charge is 0.329 e. The number of methoxy groups -OCH3 is 1. The maximum Gasteiger partial charge on any atom is 0.329 e. The van der Waals surface area contributed by atoms with E-state index in [0.717, 1.165) is 18.4 Å². The molecule has 2 aromatic rings. The molecule has 0 aliphatic heterocycles. The van der Waals surface area contributed by atoms with Gasteiger partial charge in [-0.2, -0.15) is 0 Å². The van der Waals surface area contributed by atoms with E-state index in [-0.39, 0.29) is 0 Å². The summed E-state index contributed by atoms with van der Waals surface area (Å²) in [6.45, 7) is 3.18. The van der Waals surface area contributed by atoms with Gasteiger partial charge in [0.05, 0.1) is 13.2 Å². The molecule has 0 spiro atoms. The Bertz CT molecular complexity index is 987. The van der Waals surface area contributed by atoms with Crippen LogP contribution < -0.4 is 14.8 Å². The van der Waals surface area contributed by atoms with Crippen molar-refractivity contribution in [1.29, 1.82) is 0 Å². The van der Waals surface area contributed by atoms with Gasteiger partial charge in [-0.25, -0.2) is 4.79 Å². The van der Waals surface area contributed by atoms with Crippen molar-refractivity contribution in [1.82, 2.24) is 5.32 Å². The quantitative estimate of drug-likeness (QED) is 0.442. The van der Waals surface area contributed by atoms with Crippen LogP contribution in [0.5, 0.6) is 11.5 Å². The summed E-state index contributed by atoms with van der Waals surface area (Å²) >= 11 is 6.06. The van der Waals surface area contributed by atoms with E-state index in [9.17, 15) is 14.7 Å². The Morgan fingerprint density at radius 1 is 1.06 bits per heavy atom. The van der Waals surface area contributed by atoms with Crippen molar-refractivity contribution in [2.45, 2.75) is 44.6 Å². The minimum absolute atomic E-state index is 0.316. The first-order valence-electron chi connectivity index (χ1n) is 11.5. The van der Waals surface area contributed by atoms with E-state index in [0.29, 0.717) is 67.1 Å². The van der Waals surface area contributed by atoms with Crippen molar-refractivity contribution in [3.05, 3.63) is 58.6 Å². The van der Waals surface area contributed by atoms with E-state index in [2.05, 4.69) is 12.2 Å². The summed E-state index contributed by atoms with van der Waals surface area (Å²) in [5, 5.41) is 13.3. The van der Waals surface area contributed by atoms with E-state index in [1.54, 1.807) is 25.3 Å². The van der Waals surface area contributed by atoms with Gasteiger partial charge in [0.1, 0.15) is 12.1 Å². The second kappa shape index (κ2) is 12.1. The largest absolute Gasteiger partial charge is 0.489 e. The molecule has 184 valence electrons. The average molecular weight is 490 g/mol. The maximum atomic E-state index is 13.1. The van der Waals surface area contributed by atoms with Crippen LogP contribution in [0.1, 0.15) is 48.5 Å². The fourth-order valence-electron chi connectivity index (χ4n) is 4.02. The molecule has 1 fully saturated rings. The SMILES string of the molecule is COCCOc1ccc(C(=O)NC2(C(=O)O)CCC(C)CC2)cc1OCCc1cccc(Cl)c1. The lowest BCUT2D eigenvalue weighted by atomic mass is 9.77. The van der Waals surface area contributed by atoms with Gasteiger partial charge in [-0.15, -0.1) is 0 Å². The summed E-state index contributed by atoms with van der Waals surface area (Å²) in [4.78, 5) is 25.1. The molecule has 0 atom stereocenters. The number of carboxylic acids is 1. The molecule has 0 bridgehead atoms. The van der Waals surface area contributed by atoms with Crippen LogP contribution in [-0.4, -0.2) is 49.5 Å². The van der Waals surface area contributed by atoms with Gasteiger partial charge in [0, 0.05) is 24.1 Å². The number of rotatable bonds is 11. The first kappa shape index (κ1) is 25.8. The Morgan fingerprint density at radius 3 is 2.47 bits per heavy atom. The summed E-state index contributed by atoms with van der Waals surface area (Å²) in [5.41, 5.74) is 0.0967. The lowest BCUT2D eigenvalue weighted by Crippen LogP contribution is -2.56. The third-order valence-corrected chi connectivity index (χ3v) is 6.41. The molecular formula is C26H32ClNO6. The van der Waals surface area contributed by atoms with Crippen LogP contribution in [0.2, 0.25) is 5.02 Å². The van der Waals surface area contributed by atoms with Crippen LogP contribution in [0, 0.1) is 5.92 Å². The molecule has 2 N–H and O–H groups in total. The van der Waals surface area contributed by atoms with Crippen molar-refractivity contribution in [2.24, 2.45) is 5.92 Å². The molecule has 2 aromatic carbocycles. The number of hydrogen-bond donors (Lipinski definition) is 2. The highest BCUT2D eigenvalue weighted by Gasteiger charge is 2.42. The fraction of sp³-hybridized carbons (Fsp3) is 0.462. The summed E-state index contributed by atoms with van der Waals surface area (Å²) < 4.78 is 16.8. The van der Waals surface area contributed by atoms with E-state index >= 15 is 0 Å². The number of hydrogen-bond acceptors (Lipinski definition) is 5. The summed E-state index contributed by atoms with van der Waals surface area (Å²) in [7, 11) is 1.59. The highest BCUT2D eigenvalue weighted by Crippen LogP contribution is 2.33. The summed E-state index contributed by atoms with van der Waals surface area (Å²) in [6.07, 6.45) is 2.97. The molecule has 0 unspecified atom stereocenters. The molecule has 1 aliphatic rings. The molecule has 0 saturated heterocycles. The second-order valence-corrected chi connectivity index (χ2v) is 9.19. The predicted molar refractivity (Wildman–Crippen MR) is 130 cm³/mol. The number of carbonyl (C=O) groups is 2. The third kappa shape index (κ3) is 6.87. The lowest BCUT2D eigenvalue weighted by molar-refractivity contribution is -0.146. The molecule has 8 heteroatoms. The molecule has 0 radical (unpaired) electrons. The molecule has 3 rings (SSSR count). The Hall–Kier alpha value is -2.77. The minimum Gasteiger partial charge on any atom is -0.489 e. The second-order valence-electron chi connectivity index (χ2n) is 8.76. The van der Waals surface area contributed by atoms with E-state index in [1.807, 2.05) is 24.3 Å². The van der Waals surface area contributed by atoms with Gasteiger partial charge in [-0.3, -0.25) is 4.79 Å². The topological polar surface area (TPSA) is 94.1 Å². The zero-order valence-electron chi connectivity index (χ0n) is 19.6. The normalized spacial score (nSPS) is 19.9. The van der Waals surface area contributed by atoms with Gasteiger partial charge in [0.25, 0.3) is 5.91 Å². The van der Waals surface area contributed by atoms with Crippen molar-refractivity contribution in [2.75, 3.05) is 26.9 Å². The van der Waals surface area contributed by atoms with E-state index in [1.165, 1.54) is 0 Å². The maximum absolute atomic E-state index is 13.1. The Balaban J connectivity index is 1.74. The molecule has 0 heterocycles. The van der Waals surface area contributed by atoms with Gasteiger partial charge < -0.3 is 24.6 Å². The van der Waals surface area contributed by atoms with Crippen molar-refractivity contribution >= 4 is 23.5 Å². The third-order valence-electron chi connectivity index (χ3n) is 6.18. The van der Waals surface area contributed by atoms with Crippen molar-refractivity contribution in [3.63, 3.8) is 0 Å². The van der Waals surface area contributed by atoms with Crippen molar-refractivity contribution < 1.29 is 28.9 Å². The number of carbonyl (C=O) groups excluding carboxylic acids is 1. The summed E-state index contributed by atoms with van der Waals surface area (Å²) in [6, 6.07) is 12.4. The molecule has 0 aromatic heterocycles. The van der Waals surface area contributed by atoms with Gasteiger partial charge >= 0.3 is 5.97 Å². The molecule has 1 saturated carbocycles. The lowest BCUT2D eigenvalue weighted by Gasteiger charge is -2.36. The highest BCUT2D eigenvalue weighted by molar-refractivity contribution is 6.30. The minimum atomic E-state index is -1.25. The van der Waals surface area contributed by atoms with E-state index < -0.39 is 17.4 Å². The average Bonchev–Trinajstić information content (AvgIpc) is 2.81.